The number of amides is 1. The van der Waals surface area contributed by atoms with E-state index in [9.17, 15) is 13.2 Å². The Bertz CT molecular complexity index is 1200. The largest absolute Gasteiger partial charge is 0.302 e. The number of halogens is 1. The van der Waals surface area contributed by atoms with Crippen molar-refractivity contribution in [2.45, 2.75) is 43.9 Å². The molecule has 1 aromatic heterocycles. The second-order valence-electron chi connectivity index (χ2n) is 7.49. The molecule has 1 heterocycles. The van der Waals surface area contributed by atoms with Crippen LogP contribution in [0.25, 0.3) is 10.2 Å². The highest BCUT2D eigenvalue weighted by Gasteiger charge is 2.22. The fraction of sp³-hybridized carbons (Fsp3) is 0.333. The molecule has 1 fully saturated rings. The molecule has 0 atom stereocenters. The van der Waals surface area contributed by atoms with E-state index in [1.807, 2.05) is 0 Å². The molecule has 30 heavy (non-hydrogen) atoms. The minimum absolute atomic E-state index is 0.0195. The molecule has 1 aliphatic carbocycles. The third-order valence-corrected chi connectivity index (χ3v) is 8.24. The van der Waals surface area contributed by atoms with E-state index < -0.39 is 10.0 Å². The van der Waals surface area contributed by atoms with Crippen molar-refractivity contribution in [3.8, 4) is 0 Å². The summed E-state index contributed by atoms with van der Waals surface area (Å²) >= 11 is 7.45. The van der Waals surface area contributed by atoms with Crippen molar-refractivity contribution < 1.29 is 13.2 Å². The average Bonchev–Trinajstić information content (AvgIpc) is 3.11. The number of fused-ring (bicyclic) bond motifs is 1. The highest BCUT2D eigenvalue weighted by molar-refractivity contribution is 7.92. The Balaban J connectivity index is 1.53. The minimum Gasteiger partial charge on any atom is -0.302 e. The van der Waals surface area contributed by atoms with Crippen LogP contribution in [0.2, 0.25) is 5.02 Å². The zero-order valence-corrected chi connectivity index (χ0v) is 18.8. The topological polar surface area (TPSA) is 88.2 Å². The van der Waals surface area contributed by atoms with Gasteiger partial charge in [0, 0.05) is 10.9 Å². The summed E-state index contributed by atoms with van der Waals surface area (Å²) in [5, 5.41) is 3.85. The zero-order valence-electron chi connectivity index (χ0n) is 16.4. The number of thiazole rings is 1. The molecule has 0 aliphatic heterocycles. The van der Waals surface area contributed by atoms with E-state index in [1.165, 1.54) is 23.8 Å². The van der Waals surface area contributed by atoms with Crippen LogP contribution in [0.5, 0.6) is 0 Å². The third kappa shape index (κ3) is 4.45. The van der Waals surface area contributed by atoms with Gasteiger partial charge >= 0.3 is 0 Å². The van der Waals surface area contributed by atoms with Gasteiger partial charge in [-0.25, -0.2) is 13.4 Å². The Morgan fingerprint density at radius 3 is 2.70 bits per heavy atom. The number of nitrogens with zero attached hydrogens (tertiary/aromatic N) is 1. The summed E-state index contributed by atoms with van der Waals surface area (Å²) in [6.07, 6.45) is 5.22. The number of hydrogen-bond donors (Lipinski definition) is 2. The summed E-state index contributed by atoms with van der Waals surface area (Å²) in [6.45, 7) is 1.67. The first-order valence-corrected chi connectivity index (χ1v) is 12.5. The van der Waals surface area contributed by atoms with Gasteiger partial charge in [-0.1, -0.05) is 48.3 Å². The molecule has 0 bridgehead atoms. The van der Waals surface area contributed by atoms with Crippen LogP contribution in [-0.2, 0) is 14.8 Å². The van der Waals surface area contributed by atoms with Gasteiger partial charge in [0.2, 0.25) is 5.91 Å². The molecule has 9 heteroatoms. The highest BCUT2D eigenvalue weighted by Crippen LogP contribution is 2.31. The maximum atomic E-state index is 12.8. The number of hydrogen-bond acceptors (Lipinski definition) is 5. The third-order valence-electron chi connectivity index (χ3n) is 5.35. The second-order valence-corrected chi connectivity index (χ2v) is 10.6. The molecule has 2 N–H and O–H groups in total. The Morgan fingerprint density at radius 2 is 1.93 bits per heavy atom. The summed E-state index contributed by atoms with van der Waals surface area (Å²) in [5.41, 5.74) is 1.52. The molecular formula is C21H22ClN3O3S2. The number of anilines is 2. The molecule has 1 amide bonds. The monoisotopic (exact) mass is 463 g/mol. The number of nitrogens with one attached hydrogen (secondary N) is 2. The quantitative estimate of drug-likeness (QED) is 0.517. The summed E-state index contributed by atoms with van der Waals surface area (Å²) < 4.78 is 29.0. The molecule has 0 radical (unpaired) electrons. The van der Waals surface area contributed by atoms with Crippen LogP contribution in [0.15, 0.2) is 41.3 Å². The number of carbonyl (C=O) groups excluding carboxylic acids is 1. The van der Waals surface area contributed by atoms with Gasteiger partial charge in [-0.3, -0.25) is 9.52 Å². The lowest BCUT2D eigenvalue weighted by atomic mass is 9.89. The molecule has 6 nitrogen and oxygen atoms in total. The van der Waals surface area contributed by atoms with Crippen LogP contribution in [0, 0.1) is 12.8 Å². The van der Waals surface area contributed by atoms with Gasteiger partial charge in [0.25, 0.3) is 10.0 Å². The van der Waals surface area contributed by atoms with Crippen molar-refractivity contribution >= 4 is 59.9 Å². The Morgan fingerprint density at radius 1 is 1.17 bits per heavy atom. The predicted molar refractivity (Wildman–Crippen MR) is 122 cm³/mol. The Kier molecular flexibility index (Phi) is 5.99. The number of benzene rings is 2. The first kappa shape index (κ1) is 21.1. The van der Waals surface area contributed by atoms with Gasteiger partial charge in [-0.05, 0) is 55.7 Å². The fourth-order valence-corrected chi connectivity index (χ4v) is 6.10. The van der Waals surface area contributed by atoms with Gasteiger partial charge in [0.1, 0.15) is 0 Å². The molecule has 3 aromatic rings. The molecule has 0 spiro atoms. The van der Waals surface area contributed by atoms with E-state index >= 15 is 0 Å². The van der Waals surface area contributed by atoms with Crippen LogP contribution in [-0.4, -0.2) is 19.3 Å². The number of sulfonamides is 1. The summed E-state index contributed by atoms with van der Waals surface area (Å²) in [5.74, 6) is 0.0696. The number of carbonyl (C=O) groups is 1. The molecule has 1 saturated carbocycles. The van der Waals surface area contributed by atoms with Gasteiger partial charge < -0.3 is 5.32 Å². The molecule has 2 aromatic carbocycles. The lowest BCUT2D eigenvalue weighted by Crippen LogP contribution is -2.24. The van der Waals surface area contributed by atoms with Crippen molar-refractivity contribution in [3.63, 3.8) is 0 Å². The SMILES string of the molecule is Cc1c(Cl)cccc1S(=O)(=O)Nc1ccc2sc(NC(=O)C3CCCCC3)nc2c1. The maximum absolute atomic E-state index is 12.8. The van der Waals surface area contributed by atoms with E-state index in [2.05, 4.69) is 15.0 Å². The summed E-state index contributed by atoms with van der Waals surface area (Å²) in [6, 6.07) is 9.93. The van der Waals surface area contributed by atoms with E-state index in [4.69, 9.17) is 11.6 Å². The number of rotatable bonds is 5. The van der Waals surface area contributed by atoms with Crippen molar-refractivity contribution in [3.05, 3.63) is 47.0 Å². The van der Waals surface area contributed by atoms with Gasteiger partial charge in [-0.2, -0.15) is 0 Å². The van der Waals surface area contributed by atoms with Crippen molar-refractivity contribution in [1.29, 1.82) is 0 Å². The molecule has 4 rings (SSSR count). The Hall–Kier alpha value is -2.16. The highest BCUT2D eigenvalue weighted by atomic mass is 35.5. The van der Waals surface area contributed by atoms with E-state index in [1.54, 1.807) is 37.3 Å². The van der Waals surface area contributed by atoms with Crippen molar-refractivity contribution in [2.24, 2.45) is 5.92 Å². The molecule has 158 valence electrons. The van der Waals surface area contributed by atoms with Crippen LogP contribution in [0.3, 0.4) is 0 Å². The van der Waals surface area contributed by atoms with E-state index in [0.717, 1.165) is 30.4 Å². The smallest absolute Gasteiger partial charge is 0.262 e. The maximum Gasteiger partial charge on any atom is 0.262 e. The van der Waals surface area contributed by atoms with Crippen molar-refractivity contribution in [1.82, 2.24) is 4.98 Å². The minimum atomic E-state index is -3.79. The zero-order chi connectivity index (χ0) is 21.3. The molecule has 1 aliphatic rings. The molecule has 0 saturated heterocycles. The van der Waals surface area contributed by atoms with E-state index in [-0.39, 0.29) is 16.7 Å². The first-order valence-electron chi connectivity index (χ1n) is 9.83. The number of aromatic nitrogens is 1. The Labute approximate surface area is 184 Å². The van der Waals surface area contributed by atoms with Crippen LogP contribution in [0.1, 0.15) is 37.7 Å². The molecule has 0 unspecified atom stereocenters. The van der Waals surface area contributed by atoms with Gasteiger partial charge in [0.05, 0.1) is 20.8 Å². The van der Waals surface area contributed by atoms with Crippen LogP contribution >= 0.6 is 22.9 Å². The average molecular weight is 464 g/mol. The van der Waals surface area contributed by atoms with Crippen LogP contribution in [0.4, 0.5) is 10.8 Å². The summed E-state index contributed by atoms with van der Waals surface area (Å²) in [4.78, 5) is 17.1. The lowest BCUT2D eigenvalue weighted by Gasteiger charge is -2.19. The summed E-state index contributed by atoms with van der Waals surface area (Å²) in [7, 11) is -3.79. The van der Waals surface area contributed by atoms with Crippen LogP contribution < -0.4 is 10.0 Å². The predicted octanol–water partition coefficient (Wildman–Crippen LogP) is 5.58. The van der Waals surface area contributed by atoms with Gasteiger partial charge in [0.15, 0.2) is 5.13 Å². The standard InChI is InChI=1S/C21H22ClN3O3S2/c1-13-16(22)8-5-9-19(13)30(27,28)25-15-10-11-18-17(12-15)23-21(29-18)24-20(26)14-6-3-2-4-7-14/h5,8-12,14,25H,2-4,6-7H2,1H3,(H,23,24,26). The molecular weight excluding hydrogens is 442 g/mol. The van der Waals surface area contributed by atoms with Crippen molar-refractivity contribution in [2.75, 3.05) is 10.0 Å². The first-order chi connectivity index (χ1) is 14.3. The lowest BCUT2D eigenvalue weighted by molar-refractivity contribution is -0.120. The fourth-order valence-electron chi connectivity index (χ4n) is 3.71. The van der Waals surface area contributed by atoms with E-state index in [0.29, 0.717) is 26.9 Å². The normalized spacial score (nSPS) is 15.3. The second kappa shape index (κ2) is 8.53. The van der Waals surface area contributed by atoms with Gasteiger partial charge in [-0.15, -0.1) is 0 Å².